The van der Waals surface area contributed by atoms with Crippen molar-refractivity contribution in [3.05, 3.63) is 0 Å². The molecule has 1 aliphatic carbocycles. The smallest absolute Gasteiger partial charge is 0.277 e. The van der Waals surface area contributed by atoms with Gasteiger partial charge in [0.25, 0.3) is 10.2 Å². The van der Waals surface area contributed by atoms with E-state index in [9.17, 15) is 8.42 Å². The molecule has 1 saturated carbocycles. The molecule has 7 heteroatoms. The van der Waals surface area contributed by atoms with E-state index in [-0.39, 0.29) is 4.99 Å². The van der Waals surface area contributed by atoms with Crippen molar-refractivity contribution in [2.24, 2.45) is 5.73 Å². The lowest BCUT2D eigenvalue weighted by Crippen LogP contribution is -2.56. The van der Waals surface area contributed by atoms with E-state index in [1.165, 1.54) is 7.05 Å². The van der Waals surface area contributed by atoms with Crippen molar-refractivity contribution in [2.75, 3.05) is 7.05 Å². The van der Waals surface area contributed by atoms with Gasteiger partial charge in [0, 0.05) is 7.05 Å². The van der Waals surface area contributed by atoms with E-state index in [1.807, 2.05) is 0 Å². The van der Waals surface area contributed by atoms with Crippen LogP contribution in [0.5, 0.6) is 0 Å². The molecule has 0 radical (unpaired) electrons. The maximum absolute atomic E-state index is 11.3. The minimum atomic E-state index is -3.47. The Kier molecular flexibility index (Phi) is 3.46. The predicted octanol–water partition coefficient (Wildman–Crippen LogP) is -0.361. The van der Waals surface area contributed by atoms with Gasteiger partial charge in [-0.15, -0.1) is 0 Å². The fourth-order valence-corrected chi connectivity index (χ4v) is 2.94. The molecular formula is C7H15N3O2S2. The number of hydrogen-bond donors (Lipinski definition) is 3. The van der Waals surface area contributed by atoms with Crippen LogP contribution < -0.4 is 15.2 Å². The van der Waals surface area contributed by atoms with Crippen LogP contribution in [-0.4, -0.2) is 26.0 Å². The molecule has 1 rings (SSSR count). The Labute approximate surface area is 89.6 Å². The summed E-state index contributed by atoms with van der Waals surface area (Å²) in [4.78, 5) is 0.230. The Bertz CT molecular complexity index is 320. The van der Waals surface area contributed by atoms with Gasteiger partial charge in [-0.05, 0) is 12.8 Å². The van der Waals surface area contributed by atoms with E-state index in [4.69, 9.17) is 18.0 Å². The molecule has 0 unspecified atom stereocenters. The van der Waals surface area contributed by atoms with Crippen LogP contribution in [0.3, 0.4) is 0 Å². The quantitative estimate of drug-likeness (QED) is 0.583. The maximum Gasteiger partial charge on any atom is 0.277 e. The first-order chi connectivity index (χ1) is 6.42. The lowest BCUT2D eigenvalue weighted by atomic mass is 10.00. The summed E-state index contributed by atoms with van der Waals surface area (Å²) in [7, 11) is -2.12. The van der Waals surface area contributed by atoms with Gasteiger partial charge >= 0.3 is 0 Å². The fraction of sp³-hybridized carbons (Fsp3) is 0.857. The molecule has 5 nitrogen and oxygen atoms in total. The molecule has 14 heavy (non-hydrogen) atoms. The molecule has 0 aromatic heterocycles. The zero-order chi connectivity index (χ0) is 10.8. The van der Waals surface area contributed by atoms with E-state index >= 15 is 0 Å². The summed E-state index contributed by atoms with van der Waals surface area (Å²) in [5, 5.41) is 0. The Morgan fingerprint density at radius 2 is 1.93 bits per heavy atom. The molecule has 0 amide bonds. The van der Waals surface area contributed by atoms with E-state index in [1.54, 1.807) is 0 Å². The summed E-state index contributed by atoms with van der Waals surface area (Å²) in [5.41, 5.74) is 4.86. The van der Waals surface area contributed by atoms with Gasteiger partial charge in [-0.3, -0.25) is 0 Å². The average molecular weight is 237 g/mol. The third-order valence-corrected chi connectivity index (χ3v) is 4.11. The van der Waals surface area contributed by atoms with Crippen LogP contribution >= 0.6 is 12.2 Å². The molecule has 1 fully saturated rings. The van der Waals surface area contributed by atoms with Crippen LogP contribution in [0, 0.1) is 0 Å². The molecule has 0 spiro atoms. The second-order valence-corrected chi connectivity index (χ2v) is 5.52. The Hall–Kier alpha value is -0.240. The Morgan fingerprint density at radius 3 is 2.29 bits per heavy atom. The van der Waals surface area contributed by atoms with Gasteiger partial charge in [-0.2, -0.15) is 13.1 Å². The van der Waals surface area contributed by atoms with E-state index in [0.29, 0.717) is 12.8 Å². The Morgan fingerprint density at radius 1 is 1.43 bits per heavy atom. The fourth-order valence-electron chi connectivity index (χ4n) is 1.69. The summed E-state index contributed by atoms with van der Waals surface area (Å²) >= 11 is 4.91. The van der Waals surface area contributed by atoms with Crippen molar-refractivity contribution in [1.29, 1.82) is 0 Å². The Balaban J connectivity index is 2.86. The van der Waals surface area contributed by atoms with Crippen LogP contribution in [-0.2, 0) is 10.2 Å². The van der Waals surface area contributed by atoms with Crippen LogP contribution in [0.15, 0.2) is 0 Å². The van der Waals surface area contributed by atoms with E-state index in [0.717, 1.165) is 12.8 Å². The summed E-state index contributed by atoms with van der Waals surface area (Å²) in [6.45, 7) is 0. The zero-order valence-corrected chi connectivity index (χ0v) is 9.67. The average Bonchev–Trinajstić information content (AvgIpc) is 2.53. The molecule has 1 aliphatic rings. The van der Waals surface area contributed by atoms with Gasteiger partial charge in [0.15, 0.2) is 0 Å². The lowest BCUT2D eigenvalue weighted by Gasteiger charge is -2.28. The highest BCUT2D eigenvalue weighted by Crippen LogP contribution is 2.30. The molecule has 0 atom stereocenters. The van der Waals surface area contributed by atoms with Gasteiger partial charge < -0.3 is 5.73 Å². The SMILES string of the molecule is CNS(=O)(=O)NC1(C(N)=S)CCCC1. The number of rotatable bonds is 4. The number of hydrogen-bond acceptors (Lipinski definition) is 3. The largest absolute Gasteiger partial charge is 0.392 e. The topological polar surface area (TPSA) is 84.2 Å². The summed E-state index contributed by atoms with van der Waals surface area (Å²) in [6.07, 6.45) is 3.26. The van der Waals surface area contributed by atoms with Crippen molar-refractivity contribution in [3.63, 3.8) is 0 Å². The summed E-state index contributed by atoms with van der Waals surface area (Å²) < 4.78 is 27.4. The van der Waals surface area contributed by atoms with Crippen LogP contribution in [0.4, 0.5) is 0 Å². The lowest BCUT2D eigenvalue weighted by molar-refractivity contribution is 0.498. The zero-order valence-electron chi connectivity index (χ0n) is 8.04. The summed E-state index contributed by atoms with van der Waals surface area (Å²) in [5.74, 6) is 0. The van der Waals surface area contributed by atoms with Crippen molar-refractivity contribution >= 4 is 27.4 Å². The van der Waals surface area contributed by atoms with Crippen LogP contribution in [0.2, 0.25) is 0 Å². The van der Waals surface area contributed by atoms with Gasteiger partial charge in [0.1, 0.15) is 0 Å². The maximum atomic E-state index is 11.3. The molecule has 0 aromatic carbocycles. The van der Waals surface area contributed by atoms with Gasteiger partial charge in [0.05, 0.1) is 10.5 Å². The molecule has 0 heterocycles. The highest BCUT2D eigenvalue weighted by Gasteiger charge is 2.39. The molecule has 0 saturated heterocycles. The highest BCUT2D eigenvalue weighted by molar-refractivity contribution is 7.87. The third kappa shape index (κ3) is 2.41. The molecule has 0 aromatic rings. The number of nitrogens with one attached hydrogen (secondary N) is 2. The first kappa shape index (κ1) is 11.8. The second-order valence-electron chi connectivity index (χ2n) is 3.46. The monoisotopic (exact) mass is 237 g/mol. The molecule has 82 valence electrons. The first-order valence-corrected chi connectivity index (χ1v) is 6.33. The molecule has 0 bridgehead atoms. The molecule has 4 N–H and O–H groups in total. The highest BCUT2D eigenvalue weighted by atomic mass is 32.2. The van der Waals surface area contributed by atoms with Crippen LogP contribution in [0.25, 0.3) is 0 Å². The minimum Gasteiger partial charge on any atom is -0.392 e. The summed E-state index contributed by atoms with van der Waals surface area (Å²) in [6, 6.07) is 0. The molecule has 0 aliphatic heterocycles. The number of thiocarbonyl (C=S) groups is 1. The second kappa shape index (κ2) is 4.09. The van der Waals surface area contributed by atoms with E-state index in [2.05, 4.69) is 9.44 Å². The standard InChI is InChI=1S/C7H15N3O2S2/c1-9-14(11,12)10-7(6(8)13)4-2-3-5-7/h9-10H,2-5H2,1H3,(H2,8,13). The van der Waals surface area contributed by atoms with E-state index < -0.39 is 15.7 Å². The number of nitrogens with two attached hydrogens (primary N) is 1. The first-order valence-electron chi connectivity index (χ1n) is 4.44. The van der Waals surface area contributed by atoms with Crippen molar-refractivity contribution in [2.45, 2.75) is 31.2 Å². The van der Waals surface area contributed by atoms with Gasteiger partial charge in [0.2, 0.25) is 0 Å². The molecular weight excluding hydrogens is 222 g/mol. The minimum absolute atomic E-state index is 0.230. The van der Waals surface area contributed by atoms with Crippen molar-refractivity contribution in [3.8, 4) is 0 Å². The normalized spacial score (nSPS) is 20.9. The van der Waals surface area contributed by atoms with Gasteiger partial charge in [-0.25, -0.2) is 4.72 Å². The predicted molar refractivity (Wildman–Crippen MR) is 59.1 cm³/mol. The van der Waals surface area contributed by atoms with Gasteiger partial charge in [-0.1, -0.05) is 25.1 Å². The van der Waals surface area contributed by atoms with Crippen LogP contribution in [0.1, 0.15) is 25.7 Å². The van der Waals surface area contributed by atoms with Crippen molar-refractivity contribution in [1.82, 2.24) is 9.44 Å². The van der Waals surface area contributed by atoms with Crippen molar-refractivity contribution < 1.29 is 8.42 Å². The third-order valence-electron chi connectivity index (χ3n) is 2.53.